The number of hydrogen-bond donors (Lipinski definition) is 0. The molecule has 0 fully saturated rings. The summed E-state index contributed by atoms with van der Waals surface area (Å²) in [5, 5.41) is -0.366. The van der Waals surface area contributed by atoms with E-state index in [0.29, 0.717) is 5.56 Å². The summed E-state index contributed by atoms with van der Waals surface area (Å²) in [5.41, 5.74) is 3.04. The Morgan fingerprint density at radius 2 is 1.10 bits per heavy atom. The van der Waals surface area contributed by atoms with Crippen LogP contribution in [0.2, 0.25) is 0 Å². The zero-order chi connectivity index (χ0) is 45.2. The van der Waals surface area contributed by atoms with Crippen LogP contribution >= 0.6 is 11.3 Å². The molecule has 0 atom stereocenters. The standard InChI is InChI=1S/C45H27N3OS/c1-2-10-28(11-3-1)29-20-22-30(23-21-29)31-12-8-13-32(26-31)43-46-44(33-24-25-40-38(27-33)34-14-4-6-18-39(34)49-40)48-45(47-43)37-17-9-16-36-35-15-5-7-19-41(35)50-42(36)37/h1-27H/i4D,5D,6D,7D,9D,14D,15D,16D,17D,18D,19D,24D,25D,27D. The molecule has 0 saturated heterocycles. The minimum Gasteiger partial charge on any atom is -0.456 e. The average molecular weight is 672 g/mol. The lowest BCUT2D eigenvalue weighted by atomic mass is 9.99. The largest absolute Gasteiger partial charge is 0.456 e. The van der Waals surface area contributed by atoms with Gasteiger partial charge in [-0.15, -0.1) is 11.3 Å². The summed E-state index contributed by atoms with van der Waals surface area (Å²) in [4.78, 5) is 14.3. The van der Waals surface area contributed by atoms with Gasteiger partial charge in [-0.25, -0.2) is 15.0 Å². The Morgan fingerprint density at radius 1 is 0.460 bits per heavy atom. The molecule has 0 radical (unpaired) electrons. The molecule has 0 aliphatic heterocycles. The highest BCUT2D eigenvalue weighted by atomic mass is 32.1. The molecule has 4 nitrogen and oxygen atoms in total. The van der Waals surface area contributed by atoms with Gasteiger partial charge >= 0.3 is 0 Å². The second-order valence-electron chi connectivity index (χ2n) is 11.4. The summed E-state index contributed by atoms with van der Waals surface area (Å²) in [6, 6.07) is 17.8. The zero-order valence-electron chi connectivity index (χ0n) is 39.7. The van der Waals surface area contributed by atoms with Crippen LogP contribution in [-0.2, 0) is 0 Å². The van der Waals surface area contributed by atoms with Gasteiger partial charge in [-0.05, 0) is 64.6 Å². The Balaban J connectivity index is 1.27. The Bertz CT molecular complexity index is 3670. The first kappa shape index (κ1) is 17.8. The lowest BCUT2D eigenvalue weighted by Gasteiger charge is -2.11. The SMILES string of the molecule is [2H]c1c([2H])c([2H])c2c(oc3c([2H])c([2H])c(-c4nc(-c5cccc(-c6ccc(-c7ccccc7)cc6)c5)nc(-c5c([2H])c([2H])c([2H])c6c5sc5c([2H])c([2H])c([2H])c([2H])c56)n4)c([2H])c32)c1[2H]. The fourth-order valence-corrected chi connectivity index (χ4v) is 7.01. The first-order valence-corrected chi connectivity index (χ1v) is 16.3. The van der Waals surface area contributed by atoms with Crippen LogP contribution in [0.5, 0.6) is 0 Å². The van der Waals surface area contributed by atoms with Crippen molar-refractivity contribution in [2.45, 2.75) is 0 Å². The lowest BCUT2D eigenvalue weighted by molar-refractivity contribution is 0.669. The first-order valence-electron chi connectivity index (χ1n) is 22.5. The first-order chi connectivity index (χ1) is 30.6. The molecule has 0 unspecified atom stereocenters. The van der Waals surface area contributed by atoms with E-state index in [9.17, 15) is 4.11 Å². The molecule has 234 valence electrons. The number of para-hydroxylation sites is 1. The van der Waals surface area contributed by atoms with Crippen LogP contribution in [-0.4, -0.2) is 15.0 Å². The monoisotopic (exact) mass is 671 g/mol. The van der Waals surface area contributed by atoms with Crippen molar-refractivity contribution in [3.8, 4) is 56.4 Å². The van der Waals surface area contributed by atoms with Crippen molar-refractivity contribution in [2.75, 3.05) is 0 Å². The van der Waals surface area contributed by atoms with Crippen LogP contribution in [0.3, 0.4) is 0 Å². The fourth-order valence-electron chi connectivity index (χ4n) is 5.95. The van der Waals surface area contributed by atoms with Crippen molar-refractivity contribution in [3.05, 3.63) is 163 Å². The molecular weight excluding hydrogens is 631 g/mol. The molecule has 0 saturated carbocycles. The maximum atomic E-state index is 9.49. The predicted octanol–water partition coefficient (Wildman–Crippen LogP) is 12.5. The van der Waals surface area contributed by atoms with E-state index in [1.807, 2.05) is 66.7 Å². The summed E-state index contributed by atoms with van der Waals surface area (Å²) in [6.45, 7) is 0. The van der Waals surface area contributed by atoms with Crippen molar-refractivity contribution in [2.24, 2.45) is 0 Å². The Kier molecular flexibility index (Phi) is 4.14. The molecular formula is C45H27N3OS. The molecule has 3 aromatic heterocycles. The molecule has 10 aromatic rings. The molecule has 5 heteroatoms. The van der Waals surface area contributed by atoms with Gasteiger partial charge in [-0.1, -0.05) is 121 Å². The van der Waals surface area contributed by atoms with Gasteiger partial charge in [0.2, 0.25) is 0 Å². The Morgan fingerprint density at radius 3 is 1.96 bits per heavy atom. The van der Waals surface area contributed by atoms with E-state index in [4.69, 9.17) is 34.4 Å². The molecule has 0 bridgehead atoms. The summed E-state index contributed by atoms with van der Waals surface area (Å²) in [6.07, 6.45) is 0. The van der Waals surface area contributed by atoms with Crippen molar-refractivity contribution >= 4 is 53.4 Å². The number of nitrogens with zero attached hydrogens (tertiary/aromatic N) is 3. The molecule has 7 aromatic carbocycles. The van der Waals surface area contributed by atoms with Crippen molar-refractivity contribution in [1.82, 2.24) is 15.0 Å². The van der Waals surface area contributed by atoms with Crippen LogP contribution < -0.4 is 0 Å². The van der Waals surface area contributed by atoms with Gasteiger partial charge in [-0.3, -0.25) is 0 Å². The van der Waals surface area contributed by atoms with E-state index in [0.717, 1.165) is 33.6 Å². The number of furan rings is 1. The Hall–Kier alpha value is -6.43. The Labute approximate surface area is 311 Å². The molecule has 10 rings (SSSR count). The summed E-state index contributed by atoms with van der Waals surface area (Å²) in [5.74, 6) is -0.614. The third kappa shape index (κ3) is 4.87. The van der Waals surface area contributed by atoms with Crippen molar-refractivity contribution in [3.63, 3.8) is 0 Å². The van der Waals surface area contributed by atoms with Gasteiger partial charge in [-0.2, -0.15) is 0 Å². The lowest BCUT2D eigenvalue weighted by Crippen LogP contribution is -2.00. The smallest absolute Gasteiger partial charge is 0.165 e. The fraction of sp³-hybridized carbons (Fsp3) is 0. The summed E-state index contributed by atoms with van der Waals surface area (Å²) >= 11 is 0.882. The highest BCUT2D eigenvalue weighted by Crippen LogP contribution is 2.40. The van der Waals surface area contributed by atoms with Crippen LogP contribution in [0.4, 0.5) is 0 Å². The molecule has 3 heterocycles. The molecule has 0 amide bonds. The minimum absolute atomic E-state index is 0.00572. The van der Waals surface area contributed by atoms with Gasteiger partial charge in [0.15, 0.2) is 17.5 Å². The van der Waals surface area contributed by atoms with Gasteiger partial charge < -0.3 is 4.42 Å². The maximum absolute atomic E-state index is 9.49. The number of thiophene rings is 1. The van der Waals surface area contributed by atoms with Gasteiger partial charge in [0.25, 0.3) is 0 Å². The zero-order valence-corrected chi connectivity index (χ0v) is 26.5. The molecule has 0 N–H and O–H groups in total. The van der Waals surface area contributed by atoms with E-state index in [2.05, 4.69) is 0 Å². The van der Waals surface area contributed by atoms with Crippen LogP contribution in [0.25, 0.3) is 98.5 Å². The van der Waals surface area contributed by atoms with Crippen molar-refractivity contribution in [1.29, 1.82) is 0 Å². The molecule has 0 aliphatic carbocycles. The molecule has 0 aliphatic rings. The van der Waals surface area contributed by atoms with Crippen LogP contribution in [0, 0.1) is 0 Å². The van der Waals surface area contributed by atoms with Crippen LogP contribution in [0.15, 0.2) is 168 Å². The van der Waals surface area contributed by atoms with E-state index < -0.39 is 78.6 Å². The third-order valence-corrected chi connectivity index (χ3v) is 9.47. The number of aromatic nitrogens is 3. The maximum Gasteiger partial charge on any atom is 0.165 e. The number of benzene rings is 7. The van der Waals surface area contributed by atoms with E-state index in [1.165, 1.54) is 0 Å². The highest BCUT2D eigenvalue weighted by Gasteiger charge is 2.18. The number of hydrogen-bond acceptors (Lipinski definition) is 5. The van der Waals surface area contributed by atoms with Crippen molar-refractivity contribution < 1.29 is 23.6 Å². The number of fused-ring (bicyclic) bond motifs is 6. The molecule has 0 spiro atoms. The average Bonchev–Trinajstić information content (AvgIpc) is 3.92. The number of rotatable bonds is 5. The van der Waals surface area contributed by atoms with E-state index in [-0.39, 0.29) is 76.8 Å². The summed E-state index contributed by atoms with van der Waals surface area (Å²) in [7, 11) is 0. The minimum atomic E-state index is -0.594. The quantitative estimate of drug-likeness (QED) is 0.183. The normalized spacial score (nSPS) is 15.5. The molecule has 50 heavy (non-hydrogen) atoms. The van der Waals surface area contributed by atoms with E-state index in [1.54, 1.807) is 12.1 Å². The van der Waals surface area contributed by atoms with E-state index >= 15 is 0 Å². The summed E-state index contributed by atoms with van der Waals surface area (Å²) < 4.78 is 129. The third-order valence-electron chi connectivity index (χ3n) is 8.35. The second-order valence-corrected chi connectivity index (χ2v) is 12.4. The van der Waals surface area contributed by atoms with Gasteiger partial charge in [0.1, 0.15) is 11.2 Å². The van der Waals surface area contributed by atoms with Gasteiger partial charge in [0.05, 0.1) is 19.2 Å². The topological polar surface area (TPSA) is 51.8 Å². The highest BCUT2D eigenvalue weighted by molar-refractivity contribution is 7.26. The second kappa shape index (κ2) is 11.6. The predicted molar refractivity (Wildman–Crippen MR) is 207 cm³/mol. The van der Waals surface area contributed by atoms with Gasteiger partial charge in [0, 0.05) is 47.6 Å². The van der Waals surface area contributed by atoms with Crippen LogP contribution in [0.1, 0.15) is 19.2 Å².